The van der Waals surface area contributed by atoms with Gasteiger partial charge in [0.15, 0.2) is 0 Å². The fourth-order valence-electron chi connectivity index (χ4n) is 2.88. The van der Waals surface area contributed by atoms with Crippen molar-refractivity contribution in [1.29, 1.82) is 0 Å². The minimum atomic E-state index is -0.0535. The molecule has 1 aliphatic rings. The lowest BCUT2D eigenvalue weighted by Gasteiger charge is -2.14. The summed E-state index contributed by atoms with van der Waals surface area (Å²) in [4.78, 5) is 16.8. The molecule has 0 saturated heterocycles. The summed E-state index contributed by atoms with van der Waals surface area (Å²) in [7, 11) is 0. The second-order valence-corrected chi connectivity index (χ2v) is 6.88. The zero-order valence-electron chi connectivity index (χ0n) is 11.8. The zero-order chi connectivity index (χ0) is 14.8. The molecule has 1 saturated carbocycles. The van der Waals surface area contributed by atoms with Crippen LogP contribution in [0, 0.1) is 0 Å². The van der Waals surface area contributed by atoms with Gasteiger partial charge in [0.1, 0.15) is 5.15 Å². The highest BCUT2D eigenvalue weighted by Crippen LogP contribution is 2.29. The molecule has 1 aromatic heterocycles. The summed E-state index contributed by atoms with van der Waals surface area (Å²) in [6.45, 7) is 0. The highest BCUT2D eigenvalue weighted by Gasteiger charge is 2.26. The molecule has 1 N–H and O–H groups in total. The van der Waals surface area contributed by atoms with E-state index in [1.807, 2.05) is 36.0 Å². The minimum Gasteiger partial charge on any atom is -0.349 e. The van der Waals surface area contributed by atoms with Gasteiger partial charge in [-0.3, -0.25) is 4.79 Å². The van der Waals surface area contributed by atoms with Crippen LogP contribution in [0.3, 0.4) is 0 Å². The third-order valence-electron chi connectivity index (χ3n) is 3.98. The number of benzene rings is 1. The lowest BCUT2D eigenvalue weighted by molar-refractivity contribution is 0.0939. The van der Waals surface area contributed by atoms with Crippen molar-refractivity contribution in [3.63, 3.8) is 0 Å². The van der Waals surface area contributed by atoms with E-state index in [1.54, 1.807) is 6.07 Å². The maximum Gasteiger partial charge on any atom is 0.252 e. The Morgan fingerprint density at radius 1 is 1.38 bits per heavy atom. The van der Waals surface area contributed by atoms with E-state index in [1.165, 1.54) is 6.42 Å². The first-order valence-corrected chi connectivity index (χ1v) is 8.73. The molecule has 110 valence electrons. The molecule has 1 heterocycles. The number of thioether (sulfide) groups is 1. The standard InChI is InChI=1S/C16H17ClN2OS/c1-21-11-7-6-10(8-11)18-16(20)13-9-15(17)19-14-5-3-2-4-12(13)14/h2-5,9-11H,6-8H2,1H3,(H,18,20). The van der Waals surface area contributed by atoms with Gasteiger partial charge in [0.25, 0.3) is 5.91 Å². The van der Waals surface area contributed by atoms with Crippen molar-refractivity contribution in [2.24, 2.45) is 0 Å². The van der Waals surface area contributed by atoms with Gasteiger partial charge in [-0.05, 0) is 37.7 Å². The Balaban J connectivity index is 1.85. The maximum atomic E-state index is 12.6. The first-order valence-electron chi connectivity index (χ1n) is 7.06. The van der Waals surface area contributed by atoms with Crippen LogP contribution in [0.4, 0.5) is 0 Å². The van der Waals surface area contributed by atoms with Gasteiger partial charge in [-0.25, -0.2) is 4.98 Å². The van der Waals surface area contributed by atoms with E-state index in [2.05, 4.69) is 16.6 Å². The molecule has 1 amide bonds. The van der Waals surface area contributed by atoms with Crippen LogP contribution >= 0.6 is 23.4 Å². The first-order chi connectivity index (χ1) is 10.2. The molecule has 3 rings (SSSR count). The molecule has 2 aromatic rings. The summed E-state index contributed by atoms with van der Waals surface area (Å²) in [5, 5.41) is 5.00. The van der Waals surface area contributed by atoms with Crippen LogP contribution in [-0.2, 0) is 0 Å². The number of hydrogen-bond donors (Lipinski definition) is 1. The molecule has 0 bridgehead atoms. The summed E-state index contributed by atoms with van der Waals surface area (Å²) < 4.78 is 0. The van der Waals surface area contributed by atoms with Crippen molar-refractivity contribution >= 4 is 40.2 Å². The quantitative estimate of drug-likeness (QED) is 0.872. The zero-order valence-corrected chi connectivity index (χ0v) is 13.4. The molecule has 1 fully saturated rings. The predicted octanol–water partition coefficient (Wildman–Crippen LogP) is 3.90. The number of hydrogen-bond acceptors (Lipinski definition) is 3. The Morgan fingerprint density at radius 2 is 2.19 bits per heavy atom. The number of fused-ring (bicyclic) bond motifs is 1. The fourth-order valence-corrected chi connectivity index (χ4v) is 3.88. The summed E-state index contributed by atoms with van der Waals surface area (Å²) >= 11 is 7.92. The highest BCUT2D eigenvalue weighted by molar-refractivity contribution is 7.99. The van der Waals surface area contributed by atoms with Gasteiger partial charge < -0.3 is 5.32 Å². The summed E-state index contributed by atoms with van der Waals surface area (Å²) in [6.07, 6.45) is 5.40. The first kappa shape index (κ1) is 14.7. The van der Waals surface area contributed by atoms with Crippen LogP contribution in [0.25, 0.3) is 10.9 Å². The van der Waals surface area contributed by atoms with E-state index in [-0.39, 0.29) is 11.9 Å². The van der Waals surface area contributed by atoms with E-state index >= 15 is 0 Å². The summed E-state index contributed by atoms with van der Waals surface area (Å²) in [5.41, 5.74) is 1.36. The van der Waals surface area contributed by atoms with E-state index in [4.69, 9.17) is 11.6 Å². The lowest BCUT2D eigenvalue weighted by atomic mass is 10.1. The number of rotatable bonds is 3. The Labute approximate surface area is 133 Å². The summed E-state index contributed by atoms with van der Waals surface area (Å²) in [6, 6.07) is 9.51. The smallest absolute Gasteiger partial charge is 0.252 e. The van der Waals surface area contributed by atoms with Gasteiger partial charge in [-0.1, -0.05) is 29.8 Å². The SMILES string of the molecule is CSC1CCC(NC(=O)c2cc(Cl)nc3ccccc23)C1. The van der Waals surface area contributed by atoms with E-state index < -0.39 is 0 Å². The number of carbonyl (C=O) groups is 1. The molecular formula is C16H17ClN2OS. The molecule has 1 aliphatic carbocycles. The fraction of sp³-hybridized carbons (Fsp3) is 0.375. The monoisotopic (exact) mass is 320 g/mol. The number of halogens is 1. The molecule has 5 heteroatoms. The van der Waals surface area contributed by atoms with Crippen molar-refractivity contribution in [2.45, 2.75) is 30.6 Å². The van der Waals surface area contributed by atoms with Gasteiger partial charge >= 0.3 is 0 Å². The lowest BCUT2D eigenvalue weighted by Crippen LogP contribution is -2.33. The predicted molar refractivity (Wildman–Crippen MR) is 89.2 cm³/mol. The van der Waals surface area contributed by atoms with Crippen molar-refractivity contribution in [3.8, 4) is 0 Å². The largest absolute Gasteiger partial charge is 0.349 e. The van der Waals surface area contributed by atoms with Gasteiger partial charge in [0.2, 0.25) is 0 Å². The maximum absolute atomic E-state index is 12.6. The van der Waals surface area contributed by atoms with E-state index in [0.29, 0.717) is 16.0 Å². The van der Waals surface area contributed by atoms with Crippen molar-refractivity contribution < 1.29 is 4.79 Å². The normalized spacial score (nSPS) is 21.6. The topological polar surface area (TPSA) is 42.0 Å². The van der Waals surface area contributed by atoms with Crippen LogP contribution in [0.5, 0.6) is 0 Å². The second-order valence-electron chi connectivity index (χ2n) is 5.35. The van der Waals surface area contributed by atoms with Gasteiger partial charge in [-0.2, -0.15) is 11.8 Å². The average Bonchev–Trinajstić information content (AvgIpc) is 2.94. The number of carbonyl (C=O) groups excluding carboxylic acids is 1. The third-order valence-corrected chi connectivity index (χ3v) is 5.27. The summed E-state index contributed by atoms with van der Waals surface area (Å²) in [5.74, 6) is -0.0535. The molecule has 0 aliphatic heterocycles. The van der Waals surface area contributed by atoms with E-state index in [0.717, 1.165) is 23.7 Å². The van der Waals surface area contributed by atoms with Crippen LogP contribution in [0.15, 0.2) is 30.3 Å². The molecule has 2 atom stereocenters. The second kappa shape index (κ2) is 6.24. The number of amides is 1. The average molecular weight is 321 g/mol. The number of nitrogens with one attached hydrogen (secondary N) is 1. The Kier molecular flexibility index (Phi) is 4.36. The molecule has 0 radical (unpaired) electrons. The Hall–Kier alpha value is -1.26. The number of nitrogens with zero attached hydrogens (tertiary/aromatic N) is 1. The Bertz CT molecular complexity index is 676. The van der Waals surface area contributed by atoms with Gasteiger partial charge in [0.05, 0.1) is 11.1 Å². The molecule has 3 nitrogen and oxygen atoms in total. The molecule has 2 unspecified atom stereocenters. The number of para-hydroxylation sites is 1. The van der Waals surface area contributed by atoms with Crippen LogP contribution < -0.4 is 5.32 Å². The minimum absolute atomic E-state index is 0.0535. The van der Waals surface area contributed by atoms with Crippen molar-refractivity contribution in [2.75, 3.05) is 6.26 Å². The van der Waals surface area contributed by atoms with Crippen molar-refractivity contribution in [3.05, 3.63) is 41.0 Å². The van der Waals surface area contributed by atoms with Gasteiger partial charge in [-0.15, -0.1) is 0 Å². The Morgan fingerprint density at radius 3 is 2.95 bits per heavy atom. The highest BCUT2D eigenvalue weighted by atomic mass is 35.5. The molecule has 21 heavy (non-hydrogen) atoms. The van der Waals surface area contributed by atoms with Gasteiger partial charge in [0, 0.05) is 16.7 Å². The molecular weight excluding hydrogens is 304 g/mol. The number of pyridine rings is 1. The third kappa shape index (κ3) is 3.16. The van der Waals surface area contributed by atoms with Crippen LogP contribution in [0.1, 0.15) is 29.6 Å². The number of aromatic nitrogens is 1. The van der Waals surface area contributed by atoms with Crippen molar-refractivity contribution in [1.82, 2.24) is 10.3 Å². The van der Waals surface area contributed by atoms with E-state index in [9.17, 15) is 4.79 Å². The molecule has 0 spiro atoms. The molecule has 1 aromatic carbocycles. The van der Waals surface area contributed by atoms with Crippen LogP contribution in [0.2, 0.25) is 5.15 Å². The van der Waals surface area contributed by atoms with Crippen LogP contribution in [-0.4, -0.2) is 28.4 Å².